The maximum Gasteiger partial charge on any atom is 0.323 e. The Balaban J connectivity index is 1.95. The molecule has 0 aromatic rings. The van der Waals surface area contributed by atoms with Crippen LogP contribution in [0.3, 0.4) is 0 Å². The van der Waals surface area contributed by atoms with Gasteiger partial charge in [0.2, 0.25) is 0 Å². The number of esters is 1. The van der Waals surface area contributed by atoms with Crippen LogP contribution in [0.2, 0.25) is 0 Å². The Hall–Kier alpha value is -1.78. The first-order valence-corrected chi connectivity index (χ1v) is 9.60. The van der Waals surface area contributed by atoms with E-state index in [1.54, 1.807) is 6.08 Å². The first kappa shape index (κ1) is 17.6. The van der Waals surface area contributed by atoms with Crippen LogP contribution < -0.4 is 0 Å². The number of fused-ring (bicyclic) bond motifs is 5. The molecular weight excluding hydrogens is 332 g/mol. The van der Waals surface area contributed by atoms with Gasteiger partial charge in [-0.1, -0.05) is 13.8 Å². The Bertz CT molecular complexity index is 754. The minimum atomic E-state index is -1.33. The summed E-state index contributed by atoms with van der Waals surface area (Å²) in [6.45, 7) is 3.98. The number of carbonyl (C=O) groups excluding carboxylic acids is 4. The molecule has 0 amide bonds. The van der Waals surface area contributed by atoms with Gasteiger partial charge in [0.15, 0.2) is 17.0 Å². The predicted molar refractivity (Wildman–Crippen MR) is 93.1 cm³/mol. The molecule has 0 aromatic carbocycles. The summed E-state index contributed by atoms with van der Waals surface area (Å²) in [6, 6.07) is 0. The maximum absolute atomic E-state index is 13.3. The van der Waals surface area contributed by atoms with E-state index in [2.05, 4.69) is 6.92 Å². The molecule has 0 aromatic heterocycles. The van der Waals surface area contributed by atoms with Gasteiger partial charge in [0.05, 0.1) is 7.11 Å². The number of hydrogen-bond donors (Lipinski definition) is 0. The highest BCUT2D eigenvalue weighted by atomic mass is 16.5. The zero-order valence-corrected chi connectivity index (χ0v) is 15.7. The summed E-state index contributed by atoms with van der Waals surface area (Å²) < 4.78 is 5.13. The second-order valence-corrected chi connectivity index (χ2v) is 9.11. The zero-order valence-electron chi connectivity index (χ0n) is 15.7. The molecule has 0 spiro atoms. The Labute approximate surface area is 153 Å². The molecule has 4 aliphatic carbocycles. The third-order valence-electron chi connectivity index (χ3n) is 7.99. The summed E-state index contributed by atoms with van der Waals surface area (Å²) in [4.78, 5) is 51.8. The molecule has 0 radical (unpaired) electrons. The molecule has 0 saturated heterocycles. The summed E-state index contributed by atoms with van der Waals surface area (Å²) >= 11 is 0. The number of carbonyl (C=O) groups is 4. The van der Waals surface area contributed by atoms with Gasteiger partial charge in [-0.25, -0.2) is 0 Å². The summed E-state index contributed by atoms with van der Waals surface area (Å²) in [5.41, 5.74) is -1.79. The Morgan fingerprint density at radius 2 is 1.88 bits per heavy atom. The predicted octanol–water partition coefficient (Wildman–Crippen LogP) is 2.81. The number of ether oxygens (including phenoxy) is 1. The highest BCUT2D eigenvalue weighted by Gasteiger charge is 2.71. The minimum absolute atomic E-state index is 0.0163. The van der Waals surface area contributed by atoms with Crippen LogP contribution in [-0.4, -0.2) is 30.4 Å². The van der Waals surface area contributed by atoms with Crippen LogP contribution in [0.5, 0.6) is 0 Å². The van der Waals surface area contributed by atoms with Gasteiger partial charge < -0.3 is 4.74 Å². The SMILES string of the molecule is COC(=O)[C@]12C(=O)CCCC1=CC(=O)[C@@]1(C)[C@H]3CC(=O)C[C@@]3(C)CC[C@@H]21. The molecule has 5 heteroatoms. The van der Waals surface area contributed by atoms with Gasteiger partial charge >= 0.3 is 5.97 Å². The Morgan fingerprint density at radius 1 is 1.15 bits per heavy atom. The lowest BCUT2D eigenvalue weighted by molar-refractivity contribution is -0.175. The van der Waals surface area contributed by atoms with E-state index in [1.165, 1.54) is 7.11 Å². The average molecular weight is 358 g/mol. The largest absolute Gasteiger partial charge is 0.468 e. The van der Waals surface area contributed by atoms with Crippen molar-refractivity contribution in [3.8, 4) is 0 Å². The van der Waals surface area contributed by atoms with E-state index < -0.39 is 22.7 Å². The standard InChI is InChI=1S/C21H26O5/c1-19-8-7-14-20(2,15(19)10-13(22)11-19)17(24)9-12-5-4-6-16(23)21(12,14)18(25)26-3/h9,14-15H,4-8,10-11H2,1-3H3/t14-,15+,19-,20-,21-/m1/s1. The van der Waals surface area contributed by atoms with Crippen molar-refractivity contribution in [1.29, 1.82) is 0 Å². The van der Waals surface area contributed by atoms with E-state index in [-0.39, 0.29) is 28.7 Å². The molecule has 3 saturated carbocycles. The lowest BCUT2D eigenvalue weighted by Gasteiger charge is -2.59. The van der Waals surface area contributed by atoms with Crippen LogP contribution in [0.25, 0.3) is 0 Å². The highest BCUT2D eigenvalue weighted by molar-refractivity contribution is 6.13. The zero-order chi connectivity index (χ0) is 18.9. The maximum atomic E-state index is 13.3. The van der Waals surface area contributed by atoms with Gasteiger partial charge in [0.25, 0.3) is 0 Å². The smallest absolute Gasteiger partial charge is 0.323 e. The first-order chi connectivity index (χ1) is 12.2. The van der Waals surface area contributed by atoms with Crippen LogP contribution in [-0.2, 0) is 23.9 Å². The molecule has 0 unspecified atom stereocenters. The monoisotopic (exact) mass is 358 g/mol. The highest BCUT2D eigenvalue weighted by Crippen LogP contribution is 2.68. The number of allylic oxidation sites excluding steroid dienone is 1. The van der Waals surface area contributed by atoms with Crippen LogP contribution in [0, 0.1) is 28.1 Å². The van der Waals surface area contributed by atoms with E-state index in [4.69, 9.17) is 4.74 Å². The molecule has 3 fully saturated rings. The topological polar surface area (TPSA) is 77.5 Å². The Kier molecular flexibility index (Phi) is 3.64. The summed E-state index contributed by atoms with van der Waals surface area (Å²) in [5, 5.41) is 0. The lowest BCUT2D eigenvalue weighted by atomic mass is 9.41. The molecule has 5 atom stereocenters. The Morgan fingerprint density at radius 3 is 2.58 bits per heavy atom. The normalized spacial score (nSPS) is 44.7. The molecule has 4 aliphatic rings. The summed E-state index contributed by atoms with van der Waals surface area (Å²) in [7, 11) is 1.32. The van der Waals surface area contributed by atoms with Crippen molar-refractivity contribution in [2.24, 2.45) is 28.1 Å². The van der Waals surface area contributed by atoms with Crippen LogP contribution in [0.4, 0.5) is 0 Å². The van der Waals surface area contributed by atoms with Gasteiger partial charge in [0, 0.05) is 24.7 Å². The third kappa shape index (κ3) is 1.87. The minimum Gasteiger partial charge on any atom is -0.468 e. The number of Topliss-reactive ketones (excluding diaryl/α,β-unsaturated/α-hetero) is 2. The van der Waals surface area contributed by atoms with Crippen molar-refractivity contribution in [1.82, 2.24) is 0 Å². The van der Waals surface area contributed by atoms with Gasteiger partial charge in [0.1, 0.15) is 5.78 Å². The molecule has 140 valence electrons. The fourth-order valence-corrected chi connectivity index (χ4v) is 6.82. The average Bonchev–Trinajstić information content (AvgIpc) is 2.91. The molecule has 0 N–H and O–H groups in total. The van der Waals surface area contributed by atoms with Gasteiger partial charge in [-0.15, -0.1) is 0 Å². The number of methoxy groups -OCH3 is 1. The van der Waals surface area contributed by atoms with Crippen molar-refractivity contribution in [3.63, 3.8) is 0 Å². The second-order valence-electron chi connectivity index (χ2n) is 9.11. The quantitative estimate of drug-likeness (QED) is 0.532. The molecule has 26 heavy (non-hydrogen) atoms. The lowest BCUT2D eigenvalue weighted by Crippen LogP contribution is -2.64. The van der Waals surface area contributed by atoms with E-state index in [1.807, 2.05) is 6.92 Å². The molecule has 0 bridgehead atoms. The molecule has 0 heterocycles. The fraction of sp³-hybridized carbons (Fsp3) is 0.714. The second kappa shape index (κ2) is 5.37. The van der Waals surface area contributed by atoms with Gasteiger partial charge in [-0.05, 0) is 54.6 Å². The van der Waals surface area contributed by atoms with Crippen LogP contribution in [0.1, 0.15) is 58.8 Å². The third-order valence-corrected chi connectivity index (χ3v) is 7.99. The van der Waals surface area contributed by atoms with Crippen molar-refractivity contribution in [2.45, 2.75) is 58.8 Å². The van der Waals surface area contributed by atoms with E-state index in [9.17, 15) is 19.2 Å². The van der Waals surface area contributed by atoms with Gasteiger partial charge in [-0.2, -0.15) is 0 Å². The molecular formula is C21H26O5. The number of hydrogen-bond acceptors (Lipinski definition) is 5. The fourth-order valence-electron chi connectivity index (χ4n) is 6.82. The first-order valence-electron chi connectivity index (χ1n) is 9.60. The van der Waals surface area contributed by atoms with Crippen molar-refractivity contribution in [2.75, 3.05) is 7.11 Å². The van der Waals surface area contributed by atoms with E-state index in [0.29, 0.717) is 44.1 Å². The molecule has 0 aliphatic heterocycles. The van der Waals surface area contributed by atoms with Crippen molar-refractivity contribution in [3.05, 3.63) is 11.6 Å². The van der Waals surface area contributed by atoms with Crippen molar-refractivity contribution < 1.29 is 23.9 Å². The summed E-state index contributed by atoms with van der Waals surface area (Å²) in [5.74, 6) is -1.00. The summed E-state index contributed by atoms with van der Waals surface area (Å²) in [6.07, 6.45) is 5.36. The molecule has 4 rings (SSSR count). The van der Waals surface area contributed by atoms with Crippen LogP contribution >= 0.6 is 0 Å². The number of ketones is 3. The van der Waals surface area contributed by atoms with E-state index in [0.717, 1.165) is 6.42 Å². The van der Waals surface area contributed by atoms with Crippen molar-refractivity contribution >= 4 is 23.3 Å². The number of rotatable bonds is 1. The van der Waals surface area contributed by atoms with E-state index >= 15 is 0 Å². The molecule has 5 nitrogen and oxygen atoms in total. The van der Waals surface area contributed by atoms with Crippen LogP contribution in [0.15, 0.2) is 11.6 Å². The van der Waals surface area contributed by atoms with Gasteiger partial charge in [-0.3, -0.25) is 19.2 Å².